The van der Waals surface area contributed by atoms with E-state index in [-0.39, 0.29) is 25.1 Å². The van der Waals surface area contributed by atoms with Crippen molar-refractivity contribution in [2.75, 3.05) is 18.5 Å². The van der Waals surface area contributed by atoms with Crippen LogP contribution in [-0.2, 0) is 16.1 Å². The number of anilines is 1. The molecule has 0 bridgehead atoms. The molecule has 0 unspecified atom stereocenters. The summed E-state index contributed by atoms with van der Waals surface area (Å²) in [5.41, 5.74) is 5.87. The number of halogens is 4. The van der Waals surface area contributed by atoms with Crippen molar-refractivity contribution in [2.45, 2.75) is 19.1 Å². The summed E-state index contributed by atoms with van der Waals surface area (Å²) in [7, 11) is 0. The van der Waals surface area contributed by atoms with Gasteiger partial charge in [-0.3, -0.25) is 4.79 Å². The molecule has 0 spiro atoms. The largest absolute Gasteiger partial charge is 0.411 e. The molecule has 1 rings (SSSR count). The number of benzene rings is 1. The first-order chi connectivity index (χ1) is 9.31. The Bertz CT molecular complexity index is 463. The van der Waals surface area contributed by atoms with Crippen LogP contribution < -0.4 is 11.1 Å². The Balaban J connectivity index is 2.39. The van der Waals surface area contributed by atoms with Crippen LogP contribution >= 0.6 is 0 Å². The van der Waals surface area contributed by atoms with Gasteiger partial charge in [-0.25, -0.2) is 4.39 Å². The molecule has 3 N–H and O–H groups in total. The van der Waals surface area contributed by atoms with Gasteiger partial charge in [-0.2, -0.15) is 13.2 Å². The number of carbonyl (C=O) groups excluding carboxylic acids is 1. The summed E-state index contributed by atoms with van der Waals surface area (Å²) in [5, 5.41) is 2.42. The van der Waals surface area contributed by atoms with Crippen molar-refractivity contribution in [3.8, 4) is 0 Å². The number of rotatable bonds is 6. The quantitative estimate of drug-likeness (QED) is 0.624. The van der Waals surface area contributed by atoms with Crippen molar-refractivity contribution in [3.05, 3.63) is 29.6 Å². The predicted octanol–water partition coefficient (Wildman–Crippen LogP) is 2.19. The lowest BCUT2D eigenvalue weighted by atomic mass is 10.2. The molecule has 20 heavy (non-hydrogen) atoms. The molecular formula is C12H14F4N2O2. The molecule has 8 heteroatoms. The van der Waals surface area contributed by atoms with E-state index >= 15 is 0 Å². The highest BCUT2D eigenvalue weighted by molar-refractivity contribution is 5.90. The number of hydrogen-bond acceptors (Lipinski definition) is 3. The molecule has 1 amide bonds. The average molecular weight is 294 g/mol. The van der Waals surface area contributed by atoms with Gasteiger partial charge in [0.25, 0.3) is 0 Å². The zero-order chi connectivity index (χ0) is 15.2. The van der Waals surface area contributed by atoms with Gasteiger partial charge in [0.1, 0.15) is 12.4 Å². The van der Waals surface area contributed by atoms with Crippen molar-refractivity contribution in [1.29, 1.82) is 0 Å². The first kappa shape index (κ1) is 16.4. The second kappa shape index (κ2) is 7.20. The molecule has 4 nitrogen and oxygen atoms in total. The molecular weight excluding hydrogens is 280 g/mol. The normalized spacial score (nSPS) is 11.4. The maximum Gasteiger partial charge on any atom is 0.411 e. The Hall–Kier alpha value is -1.67. The van der Waals surface area contributed by atoms with Gasteiger partial charge in [-0.15, -0.1) is 0 Å². The van der Waals surface area contributed by atoms with Crippen molar-refractivity contribution < 1.29 is 27.1 Å². The smallest absolute Gasteiger partial charge is 0.372 e. The summed E-state index contributed by atoms with van der Waals surface area (Å²) < 4.78 is 52.8. The van der Waals surface area contributed by atoms with Gasteiger partial charge in [-0.1, -0.05) is 0 Å². The van der Waals surface area contributed by atoms with Crippen LogP contribution in [0.3, 0.4) is 0 Å². The molecule has 0 aliphatic heterocycles. The van der Waals surface area contributed by atoms with Crippen LogP contribution in [0.1, 0.15) is 12.0 Å². The van der Waals surface area contributed by atoms with E-state index < -0.39 is 24.5 Å². The third-order valence-electron chi connectivity index (χ3n) is 2.29. The maximum absolute atomic E-state index is 13.1. The SMILES string of the molecule is NCc1cc(NC(=O)CCOCC(F)(F)F)ccc1F. The van der Waals surface area contributed by atoms with Gasteiger partial charge in [-0.05, 0) is 18.2 Å². The van der Waals surface area contributed by atoms with Gasteiger partial charge >= 0.3 is 6.18 Å². The Morgan fingerprint density at radius 2 is 2.05 bits per heavy atom. The fourth-order valence-electron chi connectivity index (χ4n) is 1.39. The van der Waals surface area contributed by atoms with Crippen molar-refractivity contribution >= 4 is 11.6 Å². The van der Waals surface area contributed by atoms with E-state index in [1.54, 1.807) is 0 Å². The van der Waals surface area contributed by atoms with E-state index in [1.807, 2.05) is 0 Å². The molecule has 0 fully saturated rings. The van der Waals surface area contributed by atoms with Gasteiger partial charge in [0.05, 0.1) is 13.0 Å². The number of alkyl halides is 3. The van der Waals surface area contributed by atoms with Crippen LogP contribution in [0.5, 0.6) is 0 Å². The average Bonchev–Trinajstić information content (AvgIpc) is 2.36. The number of amides is 1. The lowest BCUT2D eigenvalue weighted by Crippen LogP contribution is -2.20. The van der Waals surface area contributed by atoms with E-state index in [0.717, 1.165) is 6.07 Å². The minimum Gasteiger partial charge on any atom is -0.372 e. The first-order valence-electron chi connectivity index (χ1n) is 5.74. The summed E-state index contributed by atoms with van der Waals surface area (Å²) >= 11 is 0. The summed E-state index contributed by atoms with van der Waals surface area (Å²) in [6.45, 7) is -1.77. The third kappa shape index (κ3) is 5.98. The molecule has 0 saturated heterocycles. The summed E-state index contributed by atoms with van der Waals surface area (Å²) in [5.74, 6) is -1.01. The van der Waals surface area contributed by atoms with Gasteiger partial charge in [0.2, 0.25) is 5.91 Å². The number of nitrogens with two attached hydrogens (primary N) is 1. The Kier molecular flexibility index (Phi) is 5.90. The van der Waals surface area contributed by atoms with Crippen molar-refractivity contribution in [1.82, 2.24) is 0 Å². The predicted molar refractivity (Wildman–Crippen MR) is 64.4 cm³/mol. The van der Waals surface area contributed by atoms with Crippen molar-refractivity contribution in [3.63, 3.8) is 0 Å². The summed E-state index contributed by atoms with van der Waals surface area (Å²) in [6, 6.07) is 3.85. The number of ether oxygens (including phenoxy) is 1. The van der Waals surface area contributed by atoms with Crippen LogP contribution in [-0.4, -0.2) is 25.3 Å². The number of carbonyl (C=O) groups is 1. The molecule has 0 aliphatic rings. The molecule has 0 radical (unpaired) electrons. The first-order valence-corrected chi connectivity index (χ1v) is 5.74. The Labute approximate surface area is 112 Å². The number of hydrogen-bond donors (Lipinski definition) is 2. The molecule has 0 atom stereocenters. The van der Waals surface area contributed by atoms with E-state index in [0.29, 0.717) is 5.69 Å². The molecule has 0 saturated carbocycles. The highest BCUT2D eigenvalue weighted by Gasteiger charge is 2.27. The molecule has 1 aromatic rings. The van der Waals surface area contributed by atoms with Crippen LogP contribution in [0.2, 0.25) is 0 Å². The summed E-state index contributed by atoms with van der Waals surface area (Å²) in [4.78, 5) is 11.4. The Morgan fingerprint density at radius 1 is 1.35 bits per heavy atom. The number of nitrogens with one attached hydrogen (secondary N) is 1. The zero-order valence-corrected chi connectivity index (χ0v) is 10.5. The second-order valence-corrected chi connectivity index (χ2v) is 3.98. The third-order valence-corrected chi connectivity index (χ3v) is 2.29. The Morgan fingerprint density at radius 3 is 2.65 bits per heavy atom. The molecule has 1 aromatic carbocycles. The van der Waals surface area contributed by atoms with Gasteiger partial charge in [0.15, 0.2) is 0 Å². The minimum atomic E-state index is -4.41. The lowest BCUT2D eigenvalue weighted by molar-refractivity contribution is -0.174. The molecule has 0 aliphatic carbocycles. The fraction of sp³-hybridized carbons (Fsp3) is 0.417. The standard InChI is InChI=1S/C12H14F4N2O2/c13-10-2-1-9(5-8(10)6-17)18-11(19)3-4-20-7-12(14,15)16/h1-2,5H,3-4,6-7,17H2,(H,18,19). The highest BCUT2D eigenvalue weighted by atomic mass is 19.4. The van der Waals surface area contributed by atoms with Crippen molar-refractivity contribution in [2.24, 2.45) is 5.73 Å². The maximum atomic E-state index is 13.1. The van der Waals surface area contributed by atoms with Gasteiger partial charge < -0.3 is 15.8 Å². The fourth-order valence-corrected chi connectivity index (χ4v) is 1.39. The minimum absolute atomic E-state index is 0.0236. The van der Waals surface area contributed by atoms with E-state index in [2.05, 4.69) is 10.1 Å². The van der Waals surface area contributed by atoms with Crippen LogP contribution in [0.4, 0.5) is 23.2 Å². The topological polar surface area (TPSA) is 64.3 Å². The van der Waals surface area contributed by atoms with E-state index in [4.69, 9.17) is 5.73 Å². The summed E-state index contributed by atoms with van der Waals surface area (Å²) in [6.07, 6.45) is -4.64. The molecule has 0 heterocycles. The van der Waals surface area contributed by atoms with Crippen LogP contribution in [0, 0.1) is 5.82 Å². The van der Waals surface area contributed by atoms with Gasteiger partial charge in [0, 0.05) is 17.8 Å². The van der Waals surface area contributed by atoms with Crippen LogP contribution in [0.15, 0.2) is 18.2 Å². The van der Waals surface area contributed by atoms with E-state index in [9.17, 15) is 22.4 Å². The molecule has 112 valence electrons. The highest BCUT2D eigenvalue weighted by Crippen LogP contribution is 2.15. The zero-order valence-electron chi connectivity index (χ0n) is 10.5. The monoisotopic (exact) mass is 294 g/mol. The van der Waals surface area contributed by atoms with E-state index in [1.165, 1.54) is 12.1 Å². The van der Waals surface area contributed by atoms with Crippen LogP contribution in [0.25, 0.3) is 0 Å². The molecule has 0 aromatic heterocycles. The second-order valence-electron chi connectivity index (χ2n) is 3.98. The lowest BCUT2D eigenvalue weighted by Gasteiger charge is -2.09.